The lowest BCUT2D eigenvalue weighted by Crippen LogP contribution is -2.69. The molecule has 0 aromatic carbocycles. The van der Waals surface area contributed by atoms with E-state index >= 15 is 0 Å². The first-order chi connectivity index (χ1) is 26.3. The molecule has 0 amide bonds. The van der Waals surface area contributed by atoms with Gasteiger partial charge < -0.3 is 69.6 Å². The van der Waals surface area contributed by atoms with Gasteiger partial charge >= 0.3 is 0 Å². The van der Waals surface area contributed by atoms with Crippen molar-refractivity contribution >= 4 is 0 Å². The normalized spacial score (nSPS) is 51.8. The van der Waals surface area contributed by atoms with Crippen molar-refractivity contribution in [2.24, 2.45) is 45.3 Å². The molecule has 4 saturated carbocycles. The highest BCUT2D eigenvalue weighted by Crippen LogP contribution is 2.76. The average Bonchev–Trinajstić information content (AvgIpc) is 3.52. The molecule has 0 aromatic heterocycles. The maximum absolute atomic E-state index is 12.5. The highest BCUT2D eigenvalue weighted by molar-refractivity contribution is 5.22. The van der Waals surface area contributed by atoms with Crippen molar-refractivity contribution in [1.82, 2.24) is 0 Å². The molecule has 2 aliphatic heterocycles. The van der Waals surface area contributed by atoms with Gasteiger partial charge in [0, 0.05) is 12.5 Å². The smallest absolute Gasteiger partial charge is 0.187 e. The molecule has 0 radical (unpaired) electrons. The fourth-order valence-electron chi connectivity index (χ4n) is 13.2. The maximum atomic E-state index is 12.5. The Morgan fingerprint density at radius 1 is 0.789 bits per heavy atom. The summed E-state index contributed by atoms with van der Waals surface area (Å²) in [5.41, 5.74) is -3.47. The van der Waals surface area contributed by atoms with E-state index in [9.17, 15) is 46.0 Å². The van der Waals surface area contributed by atoms with Gasteiger partial charge in [0.15, 0.2) is 12.6 Å². The Balaban J connectivity index is 1.23. The quantitative estimate of drug-likeness (QED) is 0.113. The Morgan fingerprint density at radius 2 is 1.46 bits per heavy atom. The van der Waals surface area contributed by atoms with E-state index in [1.54, 1.807) is 26.2 Å². The van der Waals surface area contributed by atoms with Gasteiger partial charge in [-0.15, -0.1) is 0 Å². The number of methoxy groups -OCH3 is 1. The van der Waals surface area contributed by atoms with Crippen LogP contribution in [0.15, 0.2) is 12.2 Å². The van der Waals surface area contributed by atoms with E-state index in [4.69, 9.17) is 23.7 Å². The van der Waals surface area contributed by atoms with Crippen LogP contribution in [-0.4, -0.2) is 151 Å². The Bertz CT molecular complexity index is 1440. The number of rotatable bonds is 10. The van der Waals surface area contributed by atoms with Crippen molar-refractivity contribution < 1.29 is 69.6 Å². The lowest BCUT2D eigenvalue weighted by atomic mass is 9.34. The number of hydrogen-bond acceptors (Lipinski definition) is 14. The fraction of sp³-hybridized carbons (Fsp3) is 0.953. The zero-order valence-electron chi connectivity index (χ0n) is 35.7. The molecule has 6 fully saturated rings. The summed E-state index contributed by atoms with van der Waals surface area (Å²) in [7, 11) is 1.61. The van der Waals surface area contributed by atoms with Crippen molar-refractivity contribution in [1.29, 1.82) is 0 Å². The van der Waals surface area contributed by atoms with E-state index in [2.05, 4.69) is 34.6 Å². The second-order valence-corrected chi connectivity index (χ2v) is 20.7. The second-order valence-electron chi connectivity index (χ2n) is 20.7. The highest BCUT2D eigenvalue weighted by atomic mass is 16.8. The third-order valence-electron chi connectivity index (χ3n) is 17.2. The molecule has 0 aromatic rings. The van der Waals surface area contributed by atoms with Crippen LogP contribution in [-0.2, 0) is 23.7 Å². The van der Waals surface area contributed by atoms with Crippen molar-refractivity contribution in [3.05, 3.63) is 12.2 Å². The summed E-state index contributed by atoms with van der Waals surface area (Å²) in [6.07, 6.45) is -7.67. The van der Waals surface area contributed by atoms with Crippen LogP contribution in [0.2, 0.25) is 0 Å². The number of aliphatic hydroxyl groups is 9. The predicted octanol–water partition coefficient (Wildman–Crippen LogP) is 1.77. The third-order valence-corrected chi connectivity index (χ3v) is 17.2. The molecule has 9 N–H and O–H groups in total. The second kappa shape index (κ2) is 15.8. The summed E-state index contributed by atoms with van der Waals surface area (Å²) >= 11 is 0. The molecule has 0 bridgehead atoms. The van der Waals surface area contributed by atoms with Gasteiger partial charge in [-0.1, -0.05) is 46.8 Å². The molecule has 330 valence electrons. The number of hydrogen-bond donors (Lipinski definition) is 9. The Morgan fingerprint density at radius 3 is 2.09 bits per heavy atom. The summed E-state index contributed by atoms with van der Waals surface area (Å²) in [5.74, 6) is 0.0855. The summed E-state index contributed by atoms with van der Waals surface area (Å²) in [6, 6.07) is 0. The predicted molar refractivity (Wildman–Crippen MR) is 207 cm³/mol. The molecule has 21 atom stereocenters. The minimum Gasteiger partial charge on any atom is -0.394 e. The molecule has 6 aliphatic rings. The molecule has 0 unspecified atom stereocenters. The Kier molecular flexibility index (Phi) is 12.7. The lowest BCUT2D eigenvalue weighted by Gasteiger charge is -2.71. The fourth-order valence-corrected chi connectivity index (χ4v) is 13.2. The van der Waals surface area contributed by atoms with E-state index in [-0.39, 0.29) is 34.5 Å². The summed E-state index contributed by atoms with van der Waals surface area (Å²) in [5, 5.41) is 99.5. The van der Waals surface area contributed by atoms with Crippen LogP contribution >= 0.6 is 0 Å². The molecular formula is C43H74O14. The minimum absolute atomic E-state index is 0.00137. The van der Waals surface area contributed by atoms with Gasteiger partial charge in [-0.2, -0.15) is 0 Å². The van der Waals surface area contributed by atoms with Crippen LogP contribution < -0.4 is 0 Å². The van der Waals surface area contributed by atoms with Gasteiger partial charge in [0.05, 0.1) is 36.1 Å². The monoisotopic (exact) mass is 815 g/mol. The largest absolute Gasteiger partial charge is 0.394 e. The molecule has 14 heteroatoms. The molecular weight excluding hydrogens is 740 g/mol. The number of ether oxygens (including phenoxy) is 5. The van der Waals surface area contributed by atoms with Crippen LogP contribution in [0.1, 0.15) is 107 Å². The Hall–Kier alpha value is -0.820. The standard InChI is InChI=1S/C43H74O14/c1-21-30(47)32(49)34(51)36(54-21)57-35-33(50)31(48)24(20-44)55-37(35)56-29-15-17-40(6)25-12-11-22-23(43(9,52)27(45)14-16-38(2,3)53-10)13-18-41(22,7)42(25,8)28(46)19-26(40)39(29,4)5/h14,16,21-37,44-52H,11-13,15,17-20H2,1-10H3/b16-14+/t21-,22+,23-,24+,25+,26-,27-,28-,29-,30-,31+,32+,33-,34+,35+,36-,37-,40+,41+,42-,43-/m0/s1. The van der Waals surface area contributed by atoms with Gasteiger partial charge in [-0.25, -0.2) is 0 Å². The average molecular weight is 815 g/mol. The van der Waals surface area contributed by atoms with Crippen molar-refractivity contribution in [2.75, 3.05) is 13.7 Å². The van der Waals surface area contributed by atoms with Crippen molar-refractivity contribution in [3.63, 3.8) is 0 Å². The number of fused-ring (bicyclic) bond motifs is 5. The third kappa shape index (κ3) is 7.30. The van der Waals surface area contributed by atoms with Gasteiger partial charge in [0.1, 0.15) is 48.8 Å². The minimum atomic E-state index is -1.67. The zero-order chi connectivity index (χ0) is 42.4. The molecule has 0 spiro atoms. The first kappa shape index (κ1) is 45.7. The SMILES string of the molecule is COC(C)(C)/C=C/[C@H](O)[C@@](C)(O)[C@H]1CC[C@]2(C)[C@@H]1CC[C@@H]1[C@@]3(C)CC[C@H](O[C@@H]4O[C@H](CO)[C@@H](O)[C@H](O)[C@H]4O[C@@H]4O[C@@H](C)[C@H](O)[C@@H](O)[C@H]4O)C(C)(C)[C@@H]3C[C@H](O)[C@]12C. The first-order valence-corrected chi connectivity index (χ1v) is 21.3. The van der Waals surface area contributed by atoms with E-state index < -0.39 is 108 Å². The summed E-state index contributed by atoms with van der Waals surface area (Å²) in [4.78, 5) is 0. The van der Waals surface area contributed by atoms with E-state index in [1.165, 1.54) is 6.92 Å². The zero-order valence-corrected chi connectivity index (χ0v) is 35.7. The van der Waals surface area contributed by atoms with Crippen molar-refractivity contribution in [2.45, 2.75) is 198 Å². The molecule has 57 heavy (non-hydrogen) atoms. The van der Waals surface area contributed by atoms with Gasteiger partial charge in [0.25, 0.3) is 0 Å². The highest BCUT2D eigenvalue weighted by Gasteiger charge is 2.72. The van der Waals surface area contributed by atoms with E-state index in [1.807, 2.05) is 13.8 Å². The van der Waals surface area contributed by atoms with Gasteiger partial charge in [-0.3, -0.25) is 0 Å². The van der Waals surface area contributed by atoms with Crippen LogP contribution in [0.3, 0.4) is 0 Å². The van der Waals surface area contributed by atoms with Crippen LogP contribution in [0.5, 0.6) is 0 Å². The topological polar surface area (TPSA) is 228 Å². The molecule has 2 heterocycles. The Labute approximate surface area is 338 Å². The van der Waals surface area contributed by atoms with Crippen LogP contribution in [0.25, 0.3) is 0 Å². The number of aliphatic hydroxyl groups excluding tert-OH is 8. The van der Waals surface area contributed by atoms with Crippen LogP contribution in [0.4, 0.5) is 0 Å². The molecule has 14 nitrogen and oxygen atoms in total. The van der Waals surface area contributed by atoms with E-state index in [0.717, 1.165) is 32.1 Å². The van der Waals surface area contributed by atoms with Crippen LogP contribution in [0, 0.1) is 45.3 Å². The summed E-state index contributed by atoms with van der Waals surface area (Å²) in [6.45, 7) is 17.6. The van der Waals surface area contributed by atoms with Gasteiger partial charge in [0.2, 0.25) is 0 Å². The summed E-state index contributed by atoms with van der Waals surface area (Å²) < 4.78 is 30.0. The molecule has 2 saturated heterocycles. The maximum Gasteiger partial charge on any atom is 0.187 e. The lowest BCUT2D eigenvalue weighted by molar-refractivity contribution is -0.377. The van der Waals surface area contributed by atoms with Crippen molar-refractivity contribution in [3.8, 4) is 0 Å². The van der Waals surface area contributed by atoms with Gasteiger partial charge in [-0.05, 0) is 113 Å². The molecule has 4 aliphatic carbocycles. The van der Waals surface area contributed by atoms with E-state index in [0.29, 0.717) is 12.8 Å². The molecule has 6 rings (SSSR count). The first-order valence-electron chi connectivity index (χ1n) is 21.3.